The van der Waals surface area contributed by atoms with Crippen molar-refractivity contribution in [2.75, 3.05) is 39.3 Å². The summed E-state index contributed by atoms with van der Waals surface area (Å²) in [5.41, 5.74) is 4.25. The molecule has 0 aliphatic carbocycles. The Morgan fingerprint density at radius 2 is 1.50 bits per heavy atom. The SMILES string of the molecule is Cc1ccc(-c2ccc(C(=O)NC/C=C/CN3CCC(N4CCCCC4)CC3)cc2)cc1. The van der Waals surface area contributed by atoms with Gasteiger partial charge < -0.3 is 10.2 Å². The molecular weight excluding hydrogens is 394 g/mol. The summed E-state index contributed by atoms with van der Waals surface area (Å²) in [4.78, 5) is 17.7. The molecule has 1 amide bonds. The number of hydrogen-bond donors (Lipinski definition) is 1. The predicted molar refractivity (Wildman–Crippen MR) is 133 cm³/mol. The molecule has 4 rings (SSSR count). The third-order valence-corrected chi connectivity index (χ3v) is 6.91. The van der Waals surface area contributed by atoms with E-state index in [-0.39, 0.29) is 5.91 Å². The van der Waals surface area contributed by atoms with E-state index in [1.165, 1.54) is 69.4 Å². The van der Waals surface area contributed by atoms with Crippen LogP contribution in [-0.4, -0.2) is 61.0 Å². The van der Waals surface area contributed by atoms with Gasteiger partial charge in [-0.2, -0.15) is 0 Å². The van der Waals surface area contributed by atoms with Gasteiger partial charge in [0.15, 0.2) is 0 Å². The van der Waals surface area contributed by atoms with Crippen LogP contribution in [0.2, 0.25) is 0 Å². The van der Waals surface area contributed by atoms with E-state index >= 15 is 0 Å². The third kappa shape index (κ3) is 6.30. The van der Waals surface area contributed by atoms with Crippen LogP contribution in [0.1, 0.15) is 48.0 Å². The minimum absolute atomic E-state index is 0.0209. The van der Waals surface area contributed by atoms with Gasteiger partial charge in [0.05, 0.1) is 0 Å². The molecule has 2 heterocycles. The highest BCUT2D eigenvalue weighted by molar-refractivity contribution is 5.94. The van der Waals surface area contributed by atoms with Crippen LogP contribution in [0.3, 0.4) is 0 Å². The number of piperidine rings is 2. The number of aryl methyl sites for hydroxylation is 1. The maximum Gasteiger partial charge on any atom is 0.251 e. The molecular formula is C28H37N3O. The van der Waals surface area contributed by atoms with Gasteiger partial charge in [-0.3, -0.25) is 9.69 Å². The zero-order valence-corrected chi connectivity index (χ0v) is 19.4. The Morgan fingerprint density at radius 3 is 2.16 bits per heavy atom. The Kier molecular flexibility index (Phi) is 8.13. The van der Waals surface area contributed by atoms with Crippen molar-refractivity contribution in [3.63, 3.8) is 0 Å². The average molecular weight is 432 g/mol. The summed E-state index contributed by atoms with van der Waals surface area (Å²) >= 11 is 0. The van der Waals surface area contributed by atoms with E-state index in [4.69, 9.17) is 0 Å². The highest BCUT2D eigenvalue weighted by Crippen LogP contribution is 2.21. The third-order valence-electron chi connectivity index (χ3n) is 6.91. The van der Waals surface area contributed by atoms with Crippen molar-refractivity contribution in [1.29, 1.82) is 0 Å². The lowest BCUT2D eigenvalue weighted by molar-refractivity contribution is 0.0956. The summed E-state index contributed by atoms with van der Waals surface area (Å²) in [6, 6.07) is 17.1. The van der Waals surface area contributed by atoms with E-state index in [2.05, 4.69) is 58.5 Å². The van der Waals surface area contributed by atoms with Crippen molar-refractivity contribution >= 4 is 5.91 Å². The fraction of sp³-hybridized carbons (Fsp3) is 0.464. The molecule has 4 heteroatoms. The normalized spacial score (nSPS) is 18.8. The van der Waals surface area contributed by atoms with Crippen molar-refractivity contribution < 1.29 is 4.79 Å². The smallest absolute Gasteiger partial charge is 0.251 e. The van der Waals surface area contributed by atoms with Gasteiger partial charge in [-0.25, -0.2) is 0 Å². The molecule has 0 atom stereocenters. The number of benzene rings is 2. The molecule has 0 saturated carbocycles. The molecule has 1 N–H and O–H groups in total. The first-order valence-electron chi connectivity index (χ1n) is 12.3. The molecule has 0 bridgehead atoms. The summed E-state index contributed by atoms with van der Waals surface area (Å²) in [6.07, 6.45) is 11.0. The van der Waals surface area contributed by atoms with Crippen molar-refractivity contribution in [1.82, 2.24) is 15.1 Å². The molecule has 0 spiro atoms. The van der Waals surface area contributed by atoms with E-state index in [0.29, 0.717) is 12.1 Å². The van der Waals surface area contributed by atoms with Crippen molar-refractivity contribution in [2.24, 2.45) is 0 Å². The molecule has 2 saturated heterocycles. The average Bonchev–Trinajstić information content (AvgIpc) is 2.85. The van der Waals surface area contributed by atoms with Crippen molar-refractivity contribution in [3.8, 4) is 11.1 Å². The molecule has 32 heavy (non-hydrogen) atoms. The molecule has 2 aliphatic heterocycles. The van der Waals surface area contributed by atoms with Gasteiger partial charge in [-0.15, -0.1) is 0 Å². The van der Waals surface area contributed by atoms with Gasteiger partial charge in [-0.05, 0) is 82.0 Å². The molecule has 2 aromatic rings. The highest BCUT2D eigenvalue weighted by atomic mass is 16.1. The van der Waals surface area contributed by atoms with Gasteiger partial charge in [0, 0.05) is 24.7 Å². The van der Waals surface area contributed by atoms with Crippen LogP contribution in [0.5, 0.6) is 0 Å². The summed E-state index contributed by atoms with van der Waals surface area (Å²) in [7, 11) is 0. The van der Waals surface area contributed by atoms with Crippen LogP contribution in [0.15, 0.2) is 60.7 Å². The van der Waals surface area contributed by atoms with Crippen LogP contribution in [0.25, 0.3) is 11.1 Å². The van der Waals surface area contributed by atoms with Crippen LogP contribution in [0.4, 0.5) is 0 Å². The summed E-state index contributed by atoms with van der Waals surface area (Å²) in [6.45, 7) is 8.62. The minimum atomic E-state index is -0.0209. The van der Waals surface area contributed by atoms with E-state index in [1.54, 1.807) is 0 Å². The fourth-order valence-electron chi connectivity index (χ4n) is 4.87. The lowest BCUT2D eigenvalue weighted by Crippen LogP contribution is -2.46. The van der Waals surface area contributed by atoms with Crippen molar-refractivity contribution in [3.05, 3.63) is 71.8 Å². The number of hydrogen-bond acceptors (Lipinski definition) is 3. The molecule has 170 valence electrons. The zero-order chi connectivity index (χ0) is 22.2. The minimum Gasteiger partial charge on any atom is -0.349 e. The largest absolute Gasteiger partial charge is 0.349 e. The number of carbonyl (C=O) groups is 1. The number of amides is 1. The van der Waals surface area contributed by atoms with E-state index < -0.39 is 0 Å². The summed E-state index contributed by atoms with van der Waals surface area (Å²) in [5.74, 6) is -0.0209. The number of nitrogens with one attached hydrogen (secondary N) is 1. The van der Waals surface area contributed by atoms with Crippen LogP contribution >= 0.6 is 0 Å². The second-order valence-corrected chi connectivity index (χ2v) is 9.25. The highest BCUT2D eigenvalue weighted by Gasteiger charge is 2.24. The summed E-state index contributed by atoms with van der Waals surface area (Å²) in [5, 5.41) is 3.00. The van der Waals surface area contributed by atoms with Crippen molar-refractivity contribution in [2.45, 2.75) is 45.1 Å². The Bertz CT molecular complexity index is 874. The second-order valence-electron chi connectivity index (χ2n) is 9.25. The lowest BCUT2D eigenvalue weighted by Gasteiger charge is -2.40. The molecule has 4 nitrogen and oxygen atoms in total. The molecule has 0 radical (unpaired) electrons. The number of likely N-dealkylation sites (tertiary alicyclic amines) is 2. The Hall–Kier alpha value is -2.43. The first-order chi connectivity index (χ1) is 15.7. The fourth-order valence-corrected chi connectivity index (χ4v) is 4.87. The first-order valence-corrected chi connectivity index (χ1v) is 12.3. The van der Waals surface area contributed by atoms with E-state index in [0.717, 1.165) is 18.2 Å². The topological polar surface area (TPSA) is 35.6 Å². The van der Waals surface area contributed by atoms with Crippen LogP contribution in [0, 0.1) is 6.92 Å². The monoisotopic (exact) mass is 431 g/mol. The number of nitrogens with zero attached hydrogens (tertiary/aromatic N) is 2. The molecule has 0 unspecified atom stereocenters. The number of rotatable bonds is 7. The van der Waals surface area contributed by atoms with E-state index in [9.17, 15) is 4.79 Å². The molecule has 2 aromatic carbocycles. The van der Waals surface area contributed by atoms with Crippen LogP contribution in [-0.2, 0) is 0 Å². The maximum absolute atomic E-state index is 12.4. The zero-order valence-electron chi connectivity index (χ0n) is 19.4. The standard InChI is InChI=1S/C28H37N3O/c1-23-7-9-24(10-8-23)25-11-13-26(14-12-25)28(32)29-17-3-6-18-30-21-15-27(16-22-30)31-19-4-2-5-20-31/h3,6-14,27H,2,4-5,15-22H2,1H3,(H,29,32)/b6-3+. The van der Waals surface area contributed by atoms with Gasteiger partial charge in [0.2, 0.25) is 0 Å². The quantitative estimate of drug-likeness (QED) is 0.634. The Labute approximate surface area is 193 Å². The van der Waals surface area contributed by atoms with E-state index in [1.807, 2.05) is 24.3 Å². The van der Waals surface area contributed by atoms with Crippen LogP contribution < -0.4 is 5.32 Å². The summed E-state index contributed by atoms with van der Waals surface area (Å²) < 4.78 is 0. The van der Waals surface area contributed by atoms with Gasteiger partial charge in [0.1, 0.15) is 0 Å². The first kappa shape index (κ1) is 22.8. The van der Waals surface area contributed by atoms with Gasteiger partial charge >= 0.3 is 0 Å². The molecule has 0 aromatic heterocycles. The maximum atomic E-state index is 12.4. The molecule has 2 aliphatic rings. The Balaban J connectivity index is 1.15. The number of carbonyl (C=O) groups excluding carboxylic acids is 1. The van der Waals surface area contributed by atoms with Gasteiger partial charge in [0.25, 0.3) is 5.91 Å². The predicted octanol–water partition coefficient (Wildman–Crippen LogP) is 4.90. The second kappa shape index (κ2) is 11.4. The Morgan fingerprint density at radius 1 is 0.875 bits per heavy atom. The lowest BCUT2D eigenvalue weighted by atomic mass is 10.00. The molecule has 2 fully saturated rings. The van der Waals surface area contributed by atoms with Gasteiger partial charge in [-0.1, -0.05) is 60.5 Å².